The van der Waals surface area contributed by atoms with E-state index in [9.17, 15) is 9.59 Å². The van der Waals surface area contributed by atoms with Gasteiger partial charge in [0, 0.05) is 11.6 Å². The van der Waals surface area contributed by atoms with Crippen LogP contribution in [0.5, 0.6) is 17.2 Å². The van der Waals surface area contributed by atoms with Gasteiger partial charge in [0.05, 0.1) is 31.9 Å². The zero-order valence-electron chi connectivity index (χ0n) is 17.9. The number of hydrogen-bond acceptors (Lipinski definition) is 6. The summed E-state index contributed by atoms with van der Waals surface area (Å²) in [5.41, 5.74) is 1.45. The predicted molar refractivity (Wildman–Crippen MR) is 119 cm³/mol. The van der Waals surface area contributed by atoms with E-state index in [2.05, 4.69) is 5.32 Å². The largest absolute Gasteiger partial charge is 0.496 e. The van der Waals surface area contributed by atoms with Crippen molar-refractivity contribution in [3.8, 4) is 17.2 Å². The van der Waals surface area contributed by atoms with E-state index in [1.807, 2.05) is 38.1 Å². The molecule has 0 bridgehead atoms. The Bertz CT molecular complexity index is 944. The van der Waals surface area contributed by atoms with Gasteiger partial charge in [0.25, 0.3) is 5.91 Å². The van der Waals surface area contributed by atoms with Gasteiger partial charge in [-0.25, -0.2) is 4.79 Å². The lowest BCUT2D eigenvalue weighted by Crippen LogP contribution is -2.31. The molecule has 0 aromatic heterocycles. The van der Waals surface area contributed by atoms with Crippen molar-refractivity contribution in [3.63, 3.8) is 0 Å². The highest BCUT2D eigenvalue weighted by Gasteiger charge is 2.15. The number of ether oxygens (including phenoxy) is 4. The molecule has 2 aromatic carbocycles. The molecular weight excluding hydrogens is 422 g/mol. The van der Waals surface area contributed by atoms with E-state index < -0.39 is 18.5 Å². The third-order valence-electron chi connectivity index (χ3n) is 4.28. The number of hydrogen-bond donors (Lipinski definition) is 1. The van der Waals surface area contributed by atoms with Crippen LogP contribution in [-0.4, -0.2) is 39.3 Å². The minimum absolute atomic E-state index is 0.309. The minimum Gasteiger partial charge on any atom is -0.496 e. The zero-order chi connectivity index (χ0) is 22.8. The SMILES string of the molecule is CCOc1cc(/C=C/C(=O)OCC(=O)NC(C)c2ccccc2OC)cc(Cl)c1OC. The lowest BCUT2D eigenvalue weighted by molar-refractivity contribution is -0.144. The Morgan fingerprint density at radius 2 is 1.87 bits per heavy atom. The first-order valence-electron chi connectivity index (χ1n) is 9.67. The summed E-state index contributed by atoms with van der Waals surface area (Å²) in [6.45, 7) is 3.69. The Morgan fingerprint density at radius 1 is 1.13 bits per heavy atom. The summed E-state index contributed by atoms with van der Waals surface area (Å²) in [5.74, 6) is 0.468. The summed E-state index contributed by atoms with van der Waals surface area (Å²) in [6.07, 6.45) is 2.73. The molecule has 0 fully saturated rings. The number of nitrogens with one attached hydrogen (secondary N) is 1. The molecule has 0 saturated carbocycles. The van der Waals surface area contributed by atoms with Crippen LogP contribution in [0, 0.1) is 0 Å². The van der Waals surface area contributed by atoms with E-state index in [0.29, 0.717) is 34.4 Å². The molecule has 0 radical (unpaired) electrons. The van der Waals surface area contributed by atoms with Gasteiger partial charge in [-0.15, -0.1) is 0 Å². The van der Waals surface area contributed by atoms with Gasteiger partial charge < -0.3 is 24.3 Å². The van der Waals surface area contributed by atoms with Crippen LogP contribution in [0.15, 0.2) is 42.5 Å². The lowest BCUT2D eigenvalue weighted by Gasteiger charge is -2.17. The molecule has 166 valence electrons. The number of esters is 1. The third-order valence-corrected chi connectivity index (χ3v) is 4.56. The Kier molecular flexibility index (Phi) is 9.21. The maximum Gasteiger partial charge on any atom is 0.331 e. The summed E-state index contributed by atoms with van der Waals surface area (Å²) < 4.78 is 21.0. The molecule has 31 heavy (non-hydrogen) atoms. The van der Waals surface area contributed by atoms with E-state index in [1.54, 1.807) is 19.2 Å². The van der Waals surface area contributed by atoms with Crippen LogP contribution in [0.2, 0.25) is 5.02 Å². The quantitative estimate of drug-likeness (QED) is 0.434. The average molecular weight is 448 g/mol. The molecule has 1 unspecified atom stereocenters. The predicted octanol–water partition coefficient (Wildman–Crippen LogP) is 4.19. The molecule has 2 rings (SSSR count). The van der Waals surface area contributed by atoms with Crippen LogP contribution in [0.1, 0.15) is 31.0 Å². The van der Waals surface area contributed by atoms with Crippen molar-refractivity contribution in [2.24, 2.45) is 0 Å². The van der Waals surface area contributed by atoms with Crippen molar-refractivity contribution in [2.45, 2.75) is 19.9 Å². The number of carbonyl (C=O) groups is 2. The number of para-hydroxylation sites is 1. The van der Waals surface area contributed by atoms with Crippen molar-refractivity contribution < 1.29 is 28.5 Å². The fourth-order valence-corrected chi connectivity index (χ4v) is 3.18. The van der Waals surface area contributed by atoms with E-state index >= 15 is 0 Å². The number of halogens is 1. The van der Waals surface area contributed by atoms with Crippen molar-refractivity contribution in [1.82, 2.24) is 5.32 Å². The maximum atomic E-state index is 12.1. The number of carbonyl (C=O) groups excluding carboxylic acids is 2. The average Bonchev–Trinajstić information content (AvgIpc) is 2.76. The first-order chi connectivity index (χ1) is 14.9. The zero-order valence-corrected chi connectivity index (χ0v) is 18.7. The minimum atomic E-state index is -0.662. The Labute approximate surface area is 186 Å². The second-order valence-electron chi connectivity index (χ2n) is 6.44. The topological polar surface area (TPSA) is 83.1 Å². The normalized spacial score (nSPS) is 11.6. The third kappa shape index (κ3) is 6.93. The van der Waals surface area contributed by atoms with Gasteiger partial charge in [-0.05, 0) is 43.7 Å². The van der Waals surface area contributed by atoms with Gasteiger partial charge in [-0.3, -0.25) is 4.79 Å². The molecule has 2 aromatic rings. The van der Waals surface area contributed by atoms with Gasteiger partial charge in [0.2, 0.25) is 0 Å². The molecule has 1 atom stereocenters. The van der Waals surface area contributed by atoms with E-state index in [4.69, 9.17) is 30.5 Å². The Morgan fingerprint density at radius 3 is 2.55 bits per heavy atom. The number of rotatable bonds is 10. The summed E-state index contributed by atoms with van der Waals surface area (Å²) in [6, 6.07) is 10.4. The molecule has 0 aliphatic carbocycles. The number of amides is 1. The van der Waals surface area contributed by atoms with Crippen LogP contribution < -0.4 is 19.5 Å². The fourth-order valence-electron chi connectivity index (χ4n) is 2.88. The Hall–Kier alpha value is -3.19. The summed E-state index contributed by atoms with van der Waals surface area (Å²) in [5, 5.41) is 3.13. The van der Waals surface area contributed by atoms with Crippen LogP contribution in [0.3, 0.4) is 0 Å². The van der Waals surface area contributed by atoms with Gasteiger partial charge in [-0.1, -0.05) is 29.8 Å². The number of benzene rings is 2. The smallest absolute Gasteiger partial charge is 0.331 e. The fraction of sp³-hybridized carbons (Fsp3) is 0.304. The van der Waals surface area contributed by atoms with Crippen molar-refractivity contribution in [2.75, 3.05) is 27.4 Å². The monoisotopic (exact) mass is 447 g/mol. The summed E-state index contributed by atoms with van der Waals surface area (Å²) in [4.78, 5) is 24.1. The van der Waals surface area contributed by atoms with Crippen LogP contribution in [-0.2, 0) is 14.3 Å². The molecule has 1 N–H and O–H groups in total. The first kappa shape index (κ1) is 24.1. The number of methoxy groups -OCH3 is 2. The molecule has 7 nitrogen and oxygen atoms in total. The van der Waals surface area contributed by atoms with E-state index in [-0.39, 0.29) is 6.04 Å². The lowest BCUT2D eigenvalue weighted by atomic mass is 10.1. The molecule has 8 heteroatoms. The summed E-state index contributed by atoms with van der Waals surface area (Å²) >= 11 is 6.19. The highest BCUT2D eigenvalue weighted by molar-refractivity contribution is 6.32. The van der Waals surface area contributed by atoms with E-state index in [0.717, 1.165) is 5.56 Å². The highest BCUT2D eigenvalue weighted by Crippen LogP contribution is 2.36. The van der Waals surface area contributed by atoms with Crippen molar-refractivity contribution in [1.29, 1.82) is 0 Å². The van der Waals surface area contributed by atoms with Crippen LogP contribution >= 0.6 is 11.6 Å². The maximum absolute atomic E-state index is 12.1. The summed E-state index contributed by atoms with van der Waals surface area (Å²) in [7, 11) is 3.06. The van der Waals surface area contributed by atoms with Crippen LogP contribution in [0.25, 0.3) is 6.08 Å². The van der Waals surface area contributed by atoms with E-state index in [1.165, 1.54) is 19.3 Å². The van der Waals surface area contributed by atoms with Crippen molar-refractivity contribution >= 4 is 29.6 Å². The highest BCUT2D eigenvalue weighted by atomic mass is 35.5. The first-order valence-corrected chi connectivity index (χ1v) is 10.0. The van der Waals surface area contributed by atoms with Crippen LogP contribution in [0.4, 0.5) is 0 Å². The van der Waals surface area contributed by atoms with Gasteiger partial charge in [-0.2, -0.15) is 0 Å². The van der Waals surface area contributed by atoms with Gasteiger partial charge in [0.15, 0.2) is 18.1 Å². The molecule has 0 spiro atoms. The standard InChI is InChI=1S/C23H26ClNO6/c1-5-30-20-13-16(12-18(24)23(20)29-4)10-11-22(27)31-14-21(26)25-15(2)17-8-6-7-9-19(17)28-3/h6-13,15H,5,14H2,1-4H3,(H,25,26)/b11-10+. The van der Waals surface area contributed by atoms with Crippen molar-refractivity contribution in [3.05, 3.63) is 58.6 Å². The second-order valence-corrected chi connectivity index (χ2v) is 6.85. The Balaban J connectivity index is 1.92. The second kappa shape index (κ2) is 11.9. The molecule has 0 aliphatic heterocycles. The molecule has 1 amide bonds. The van der Waals surface area contributed by atoms with Gasteiger partial charge in [0.1, 0.15) is 5.75 Å². The molecule has 0 heterocycles. The molecule has 0 aliphatic rings. The molecular formula is C23H26ClNO6. The molecule has 0 saturated heterocycles. The van der Waals surface area contributed by atoms with Gasteiger partial charge >= 0.3 is 5.97 Å².